The highest BCUT2D eigenvalue weighted by Crippen LogP contribution is 2.38. The Morgan fingerprint density at radius 2 is 1.70 bits per heavy atom. The Bertz CT molecular complexity index is 342. The predicted molar refractivity (Wildman–Crippen MR) is 77.4 cm³/mol. The van der Waals surface area contributed by atoms with E-state index in [-0.39, 0.29) is 12.3 Å². The van der Waals surface area contributed by atoms with E-state index in [2.05, 4.69) is 5.32 Å². The predicted octanol–water partition coefficient (Wildman–Crippen LogP) is 3.11. The number of carboxylic acid groups (broad SMARTS) is 1. The normalized spacial score (nSPS) is 22.6. The third-order valence-corrected chi connectivity index (χ3v) is 5.11. The zero-order chi connectivity index (χ0) is 14.4. The quantitative estimate of drug-likeness (QED) is 0.735. The van der Waals surface area contributed by atoms with Gasteiger partial charge in [0.2, 0.25) is 5.91 Å². The summed E-state index contributed by atoms with van der Waals surface area (Å²) in [6.45, 7) is 0.708. The molecule has 0 bridgehead atoms. The summed E-state index contributed by atoms with van der Waals surface area (Å²) in [7, 11) is 0. The number of nitrogens with one attached hydrogen (secondary N) is 1. The maximum absolute atomic E-state index is 12.0. The van der Waals surface area contributed by atoms with Crippen molar-refractivity contribution in [1.29, 1.82) is 0 Å². The number of carboxylic acids is 1. The molecule has 4 nitrogen and oxygen atoms in total. The summed E-state index contributed by atoms with van der Waals surface area (Å²) in [5, 5.41) is 12.5. The van der Waals surface area contributed by atoms with Crippen molar-refractivity contribution < 1.29 is 14.7 Å². The van der Waals surface area contributed by atoms with Crippen LogP contribution in [0.4, 0.5) is 0 Å². The lowest BCUT2D eigenvalue weighted by atomic mass is 9.77. The van der Waals surface area contributed by atoms with Gasteiger partial charge in [-0.3, -0.25) is 9.59 Å². The summed E-state index contributed by atoms with van der Waals surface area (Å²) in [6, 6.07) is 0. The van der Waals surface area contributed by atoms with Gasteiger partial charge in [-0.05, 0) is 25.2 Å². The molecule has 0 aromatic carbocycles. The van der Waals surface area contributed by atoms with E-state index >= 15 is 0 Å². The molecule has 2 saturated carbocycles. The number of carbonyl (C=O) groups is 2. The van der Waals surface area contributed by atoms with Crippen molar-refractivity contribution in [2.24, 2.45) is 11.3 Å². The minimum Gasteiger partial charge on any atom is -0.481 e. The minimum atomic E-state index is -0.808. The van der Waals surface area contributed by atoms with E-state index in [0.29, 0.717) is 19.4 Å². The number of aliphatic carboxylic acids is 1. The van der Waals surface area contributed by atoms with Crippen molar-refractivity contribution in [3.63, 3.8) is 0 Å². The fourth-order valence-electron chi connectivity index (χ4n) is 3.44. The van der Waals surface area contributed by atoms with E-state index in [0.717, 1.165) is 38.0 Å². The second-order valence-corrected chi connectivity index (χ2v) is 6.61. The Kier molecular flexibility index (Phi) is 5.44. The Balaban J connectivity index is 1.80. The highest BCUT2D eigenvalue weighted by Gasteiger charge is 2.40. The molecule has 1 amide bonds. The molecule has 0 aromatic heterocycles. The van der Waals surface area contributed by atoms with Crippen molar-refractivity contribution >= 4 is 11.9 Å². The number of hydrogen-bond donors (Lipinski definition) is 2. The second kappa shape index (κ2) is 7.09. The Labute approximate surface area is 121 Å². The van der Waals surface area contributed by atoms with Gasteiger partial charge in [-0.2, -0.15) is 0 Å². The second-order valence-electron chi connectivity index (χ2n) is 6.61. The molecule has 0 aliphatic heterocycles. The lowest BCUT2D eigenvalue weighted by Crippen LogP contribution is -2.38. The molecule has 0 aromatic rings. The van der Waals surface area contributed by atoms with Crippen LogP contribution in [0.15, 0.2) is 0 Å². The van der Waals surface area contributed by atoms with E-state index in [9.17, 15) is 14.7 Å². The fraction of sp³-hybridized carbons (Fsp3) is 0.875. The molecule has 0 unspecified atom stereocenters. The molecule has 20 heavy (non-hydrogen) atoms. The molecule has 0 radical (unpaired) electrons. The summed E-state index contributed by atoms with van der Waals surface area (Å²) >= 11 is 0. The SMILES string of the molecule is O=C(CC1(C(=O)O)CCCCCC1)NCCC1CCC1. The molecule has 2 aliphatic carbocycles. The molecule has 0 heterocycles. The highest BCUT2D eigenvalue weighted by molar-refractivity contribution is 5.85. The van der Waals surface area contributed by atoms with Crippen molar-refractivity contribution in [2.75, 3.05) is 6.54 Å². The highest BCUT2D eigenvalue weighted by atomic mass is 16.4. The van der Waals surface area contributed by atoms with Gasteiger partial charge < -0.3 is 10.4 Å². The molecule has 2 fully saturated rings. The molecule has 0 atom stereocenters. The van der Waals surface area contributed by atoms with Crippen LogP contribution in [-0.2, 0) is 9.59 Å². The smallest absolute Gasteiger partial charge is 0.310 e. The maximum atomic E-state index is 12.0. The van der Waals surface area contributed by atoms with Crippen molar-refractivity contribution in [3.05, 3.63) is 0 Å². The fourth-order valence-corrected chi connectivity index (χ4v) is 3.44. The molecular formula is C16H27NO3. The maximum Gasteiger partial charge on any atom is 0.310 e. The van der Waals surface area contributed by atoms with E-state index in [1.165, 1.54) is 19.3 Å². The number of carbonyl (C=O) groups excluding carboxylic acids is 1. The van der Waals surface area contributed by atoms with Crippen LogP contribution in [0.2, 0.25) is 0 Å². The summed E-state index contributed by atoms with van der Waals surface area (Å²) in [5.74, 6) is -0.0798. The Hall–Kier alpha value is -1.06. The van der Waals surface area contributed by atoms with E-state index in [4.69, 9.17) is 0 Å². The van der Waals surface area contributed by atoms with E-state index in [1.807, 2.05) is 0 Å². The average molecular weight is 281 g/mol. The first-order chi connectivity index (χ1) is 9.62. The topological polar surface area (TPSA) is 66.4 Å². The van der Waals surface area contributed by atoms with Crippen molar-refractivity contribution in [2.45, 2.75) is 70.6 Å². The summed E-state index contributed by atoms with van der Waals surface area (Å²) in [4.78, 5) is 23.7. The number of hydrogen-bond acceptors (Lipinski definition) is 2. The Morgan fingerprint density at radius 1 is 1.05 bits per heavy atom. The van der Waals surface area contributed by atoms with Gasteiger partial charge in [-0.25, -0.2) is 0 Å². The summed E-state index contributed by atoms with van der Waals surface area (Å²) in [6.07, 6.45) is 10.5. The van der Waals surface area contributed by atoms with Gasteiger partial charge in [0.15, 0.2) is 0 Å². The van der Waals surface area contributed by atoms with Gasteiger partial charge in [0, 0.05) is 13.0 Å². The van der Waals surface area contributed by atoms with Crippen LogP contribution in [0, 0.1) is 11.3 Å². The van der Waals surface area contributed by atoms with E-state index in [1.54, 1.807) is 0 Å². The zero-order valence-corrected chi connectivity index (χ0v) is 12.3. The lowest BCUT2D eigenvalue weighted by Gasteiger charge is -2.28. The number of amides is 1. The molecular weight excluding hydrogens is 254 g/mol. The third-order valence-electron chi connectivity index (χ3n) is 5.11. The van der Waals surface area contributed by atoms with Crippen molar-refractivity contribution in [1.82, 2.24) is 5.32 Å². The van der Waals surface area contributed by atoms with Crippen LogP contribution in [0.1, 0.15) is 70.6 Å². The van der Waals surface area contributed by atoms with Gasteiger partial charge in [0.05, 0.1) is 5.41 Å². The first-order valence-corrected chi connectivity index (χ1v) is 8.12. The van der Waals surface area contributed by atoms with Crippen LogP contribution >= 0.6 is 0 Å². The monoisotopic (exact) mass is 281 g/mol. The minimum absolute atomic E-state index is 0.0753. The van der Waals surface area contributed by atoms with Gasteiger partial charge in [-0.15, -0.1) is 0 Å². The summed E-state index contributed by atoms with van der Waals surface area (Å²) in [5.41, 5.74) is -0.808. The third kappa shape index (κ3) is 3.97. The molecule has 2 N–H and O–H groups in total. The van der Waals surface area contributed by atoms with Crippen LogP contribution in [0.25, 0.3) is 0 Å². The zero-order valence-electron chi connectivity index (χ0n) is 12.3. The van der Waals surface area contributed by atoms with Crippen molar-refractivity contribution in [3.8, 4) is 0 Å². The van der Waals surface area contributed by atoms with Crippen LogP contribution in [-0.4, -0.2) is 23.5 Å². The molecule has 4 heteroatoms. The molecule has 2 rings (SSSR count). The van der Waals surface area contributed by atoms with Crippen LogP contribution in [0.5, 0.6) is 0 Å². The largest absolute Gasteiger partial charge is 0.481 e. The van der Waals surface area contributed by atoms with Crippen LogP contribution < -0.4 is 5.32 Å². The molecule has 0 saturated heterocycles. The molecule has 0 spiro atoms. The molecule has 114 valence electrons. The molecule has 2 aliphatic rings. The van der Waals surface area contributed by atoms with Crippen LogP contribution in [0.3, 0.4) is 0 Å². The standard InChI is InChI=1S/C16H27NO3/c18-14(17-11-8-13-6-5-7-13)12-16(15(19)20)9-3-1-2-4-10-16/h13H,1-12H2,(H,17,18)(H,19,20). The first kappa shape index (κ1) is 15.3. The Morgan fingerprint density at radius 3 is 2.20 bits per heavy atom. The summed E-state index contributed by atoms with van der Waals surface area (Å²) < 4.78 is 0. The first-order valence-electron chi connectivity index (χ1n) is 8.12. The van der Waals surface area contributed by atoms with Gasteiger partial charge in [-0.1, -0.05) is 44.9 Å². The number of rotatable bonds is 6. The van der Waals surface area contributed by atoms with Gasteiger partial charge in [0.25, 0.3) is 0 Å². The average Bonchev–Trinajstić information content (AvgIpc) is 2.59. The lowest BCUT2D eigenvalue weighted by molar-refractivity contribution is -0.152. The van der Waals surface area contributed by atoms with Gasteiger partial charge in [0.1, 0.15) is 0 Å². The van der Waals surface area contributed by atoms with Gasteiger partial charge >= 0.3 is 5.97 Å². The van der Waals surface area contributed by atoms with E-state index < -0.39 is 11.4 Å².